The molecule has 1 heterocycles. The third-order valence-electron chi connectivity index (χ3n) is 5.93. The molecule has 1 saturated heterocycles. The summed E-state index contributed by atoms with van der Waals surface area (Å²) < 4.78 is 79.7. The summed E-state index contributed by atoms with van der Waals surface area (Å²) >= 11 is 0. The van der Waals surface area contributed by atoms with Gasteiger partial charge in [0.2, 0.25) is 0 Å². The van der Waals surface area contributed by atoms with Crippen molar-refractivity contribution in [3.05, 3.63) is 35.6 Å². The largest absolute Gasteiger partial charge is 0.458 e. The molecular formula is C29H41F4NO8. The van der Waals surface area contributed by atoms with E-state index in [2.05, 4.69) is 0 Å². The van der Waals surface area contributed by atoms with E-state index in [9.17, 15) is 31.9 Å². The van der Waals surface area contributed by atoms with E-state index in [4.69, 9.17) is 23.7 Å². The van der Waals surface area contributed by atoms with Crippen LogP contribution >= 0.6 is 0 Å². The van der Waals surface area contributed by atoms with Gasteiger partial charge in [0, 0.05) is 18.9 Å². The summed E-state index contributed by atoms with van der Waals surface area (Å²) in [4.78, 5) is 40.2. The van der Waals surface area contributed by atoms with Crippen molar-refractivity contribution >= 4 is 18.2 Å². The molecule has 0 radical (unpaired) electrons. The van der Waals surface area contributed by atoms with Crippen molar-refractivity contribution in [2.45, 2.75) is 103 Å². The van der Waals surface area contributed by atoms with Gasteiger partial charge in [-0.15, -0.1) is 0 Å². The predicted octanol–water partition coefficient (Wildman–Crippen LogP) is 6.21. The van der Waals surface area contributed by atoms with Crippen molar-refractivity contribution in [2.75, 3.05) is 19.8 Å². The van der Waals surface area contributed by atoms with Crippen LogP contribution in [-0.4, -0.2) is 78.5 Å². The van der Waals surface area contributed by atoms with Crippen LogP contribution in [0.25, 0.3) is 0 Å². The molecule has 0 spiro atoms. The Morgan fingerprint density at radius 3 is 2.00 bits per heavy atom. The molecular weight excluding hydrogens is 566 g/mol. The monoisotopic (exact) mass is 607 g/mol. The molecule has 1 aromatic rings. The minimum atomic E-state index is -4.36. The SMILES string of the molecule is C[C@@H]1OC(=O)[C@@H](N(C(=O)OC(C)(C)C)C(=O)OC(C)(C)C)COC[C@H](Cc2ccc(F)cc2)[C@H]1OCCCC(F)(F)F. The number of imide groups is 1. The maximum atomic E-state index is 13.5. The van der Waals surface area contributed by atoms with Crippen LogP contribution in [0.15, 0.2) is 24.3 Å². The second-order valence-corrected chi connectivity index (χ2v) is 12.2. The second kappa shape index (κ2) is 14.5. The van der Waals surface area contributed by atoms with Gasteiger partial charge in [0.15, 0.2) is 6.04 Å². The van der Waals surface area contributed by atoms with Gasteiger partial charge in [-0.05, 0) is 79.0 Å². The number of nitrogens with zero attached hydrogens (tertiary/aromatic N) is 1. The lowest BCUT2D eigenvalue weighted by Gasteiger charge is -2.33. The Labute approximate surface area is 243 Å². The third kappa shape index (κ3) is 12.1. The van der Waals surface area contributed by atoms with E-state index >= 15 is 0 Å². The molecule has 238 valence electrons. The van der Waals surface area contributed by atoms with E-state index in [0.717, 1.165) is 0 Å². The van der Waals surface area contributed by atoms with Gasteiger partial charge in [-0.2, -0.15) is 18.1 Å². The molecule has 2 rings (SSSR count). The number of esters is 1. The van der Waals surface area contributed by atoms with Crippen molar-refractivity contribution in [1.29, 1.82) is 0 Å². The number of carbonyl (C=O) groups excluding carboxylic acids is 3. The van der Waals surface area contributed by atoms with Crippen LogP contribution < -0.4 is 0 Å². The van der Waals surface area contributed by atoms with E-state index in [1.165, 1.54) is 19.1 Å². The van der Waals surface area contributed by atoms with Crippen molar-refractivity contribution in [3.63, 3.8) is 0 Å². The number of hydrogen-bond acceptors (Lipinski definition) is 8. The number of amides is 2. The molecule has 0 unspecified atom stereocenters. The van der Waals surface area contributed by atoms with Crippen molar-refractivity contribution in [2.24, 2.45) is 5.92 Å². The zero-order valence-electron chi connectivity index (χ0n) is 25.1. The first-order chi connectivity index (χ1) is 19.3. The molecule has 0 aliphatic carbocycles. The van der Waals surface area contributed by atoms with Gasteiger partial charge in [-0.25, -0.2) is 18.8 Å². The molecule has 1 aliphatic heterocycles. The molecule has 42 heavy (non-hydrogen) atoms. The quantitative estimate of drug-likeness (QED) is 0.156. The fraction of sp³-hybridized carbons (Fsp3) is 0.690. The number of alkyl halides is 3. The highest BCUT2D eigenvalue weighted by Gasteiger charge is 2.44. The Morgan fingerprint density at radius 2 is 1.50 bits per heavy atom. The van der Waals surface area contributed by atoms with Crippen LogP contribution in [0.3, 0.4) is 0 Å². The molecule has 9 nitrogen and oxygen atoms in total. The van der Waals surface area contributed by atoms with E-state index in [1.54, 1.807) is 53.7 Å². The number of rotatable bonds is 7. The number of ether oxygens (including phenoxy) is 5. The Morgan fingerprint density at radius 1 is 0.952 bits per heavy atom. The van der Waals surface area contributed by atoms with Gasteiger partial charge in [-0.3, -0.25) is 0 Å². The smallest absolute Gasteiger partial charge is 0.420 e. The van der Waals surface area contributed by atoms with Gasteiger partial charge >= 0.3 is 24.3 Å². The first-order valence-electron chi connectivity index (χ1n) is 13.7. The Kier molecular flexibility index (Phi) is 12.2. The van der Waals surface area contributed by atoms with Crippen LogP contribution in [0.2, 0.25) is 0 Å². The zero-order valence-corrected chi connectivity index (χ0v) is 25.1. The first kappa shape index (κ1) is 35.3. The highest BCUT2D eigenvalue weighted by Crippen LogP contribution is 2.27. The van der Waals surface area contributed by atoms with Crippen LogP contribution in [0.5, 0.6) is 0 Å². The summed E-state index contributed by atoms with van der Waals surface area (Å²) in [5.41, 5.74) is -1.36. The average Bonchev–Trinajstić information content (AvgIpc) is 2.85. The predicted molar refractivity (Wildman–Crippen MR) is 143 cm³/mol. The van der Waals surface area contributed by atoms with Crippen molar-refractivity contribution in [3.8, 4) is 0 Å². The van der Waals surface area contributed by atoms with Gasteiger partial charge in [0.05, 0.1) is 19.3 Å². The molecule has 1 fully saturated rings. The third-order valence-corrected chi connectivity index (χ3v) is 5.93. The number of benzene rings is 1. The number of hydrogen-bond donors (Lipinski definition) is 0. The lowest BCUT2D eigenvalue weighted by Crippen LogP contribution is -2.54. The lowest BCUT2D eigenvalue weighted by atomic mass is 9.91. The van der Waals surface area contributed by atoms with E-state index < -0.39 is 78.5 Å². The minimum absolute atomic E-state index is 0.0880. The van der Waals surface area contributed by atoms with E-state index in [1.807, 2.05) is 0 Å². The van der Waals surface area contributed by atoms with E-state index in [0.29, 0.717) is 10.5 Å². The summed E-state index contributed by atoms with van der Waals surface area (Å²) in [6.07, 6.45) is -9.77. The maximum absolute atomic E-state index is 13.5. The molecule has 0 aromatic heterocycles. The highest BCUT2D eigenvalue weighted by atomic mass is 19.4. The molecule has 0 N–H and O–H groups in total. The van der Waals surface area contributed by atoms with Crippen LogP contribution in [0.4, 0.5) is 27.2 Å². The topological polar surface area (TPSA) is 101 Å². The summed E-state index contributed by atoms with van der Waals surface area (Å²) in [5.74, 6) is -2.02. The molecule has 1 aliphatic rings. The van der Waals surface area contributed by atoms with Gasteiger partial charge < -0.3 is 23.7 Å². The highest BCUT2D eigenvalue weighted by molar-refractivity contribution is 5.94. The average molecular weight is 608 g/mol. The molecule has 1 aromatic carbocycles. The first-order valence-corrected chi connectivity index (χ1v) is 13.7. The number of halogens is 4. The Hall–Kier alpha value is -2.93. The summed E-state index contributed by atoms with van der Waals surface area (Å²) in [5, 5.41) is 0. The fourth-order valence-electron chi connectivity index (χ4n) is 4.20. The molecule has 4 atom stereocenters. The maximum Gasteiger partial charge on any atom is 0.420 e. The van der Waals surface area contributed by atoms with Crippen molar-refractivity contribution < 1.29 is 55.6 Å². The summed E-state index contributed by atoms with van der Waals surface area (Å²) in [6.45, 7) is 10.1. The van der Waals surface area contributed by atoms with Crippen LogP contribution in [0.1, 0.15) is 66.9 Å². The Bertz CT molecular complexity index is 1020. The van der Waals surface area contributed by atoms with E-state index in [-0.39, 0.29) is 26.1 Å². The lowest BCUT2D eigenvalue weighted by molar-refractivity contribution is -0.165. The van der Waals surface area contributed by atoms with Crippen LogP contribution in [0, 0.1) is 11.7 Å². The number of cyclic esters (lactones) is 1. The fourth-order valence-corrected chi connectivity index (χ4v) is 4.20. The van der Waals surface area contributed by atoms with Gasteiger partial charge in [-0.1, -0.05) is 12.1 Å². The normalized spacial score (nSPS) is 22.3. The summed E-state index contributed by atoms with van der Waals surface area (Å²) in [7, 11) is 0. The minimum Gasteiger partial charge on any atom is -0.458 e. The standard InChI is InChI=1S/C29H41F4NO8/c1-18-23(39-14-8-13-29(31,32)33)20(15-19-9-11-21(30)12-10-19)16-38-17-22(24(35)40-18)34(25(36)41-27(2,3)4)26(37)42-28(5,6)7/h9-12,18,20,22-23H,8,13-17H2,1-7H3/t18-,20-,22-,23-/m0/s1. The van der Waals surface area contributed by atoms with Gasteiger partial charge in [0.1, 0.15) is 23.1 Å². The van der Waals surface area contributed by atoms with Gasteiger partial charge in [0.25, 0.3) is 0 Å². The number of carbonyl (C=O) groups is 3. The molecule has 2 amide bonds. The molecule has 13 heteroatoms. The molecule has 0 saturated carbocycles. The summed E-state index contributed by atoms with van der Waals surface area (Å²) in [6, 6.07) is 4.03. The second-order valence-electron chi connectivity index (χ2n) is 12.2. The van der Waals surface area contributed by atoms with Crippen LogP contribution in [-0.2, 0) is 34.9 Å². The zero-order chi connectivity index (χ0) is 31.9. The van der Waals surface area contributed by atoms with Crippen molar-refractivity contribution in [1.82, 2.24) is 4.90 Å². The Balaban J connectivity index is 2.38. The molecule has 0 bridgehead atoms.